The highest BCUT2D eigenvalue weighted by Crippen LogP contribution is 2.22. The first-order chi connectivity index (χ1) is 12.1. The lowest BCUT2D eigenvalue weighted by Gasteiger charge is -2.16. The molecule has 0 spiro atoms. The Morgan fingerprint density at radius 1 is 1.32 bits per heavy atom. The van der Waals surface area contributed by atoms with E-state index in [1.807, 2.05) is 24.3 Å². The maximum absolute atomic E-state index is 13.7. The van der Waals surface area contributed by atoms with Crippen molar-refractivity contribution in [3.63, 3.8) is 0 Å². The van der Waals surface area contributed by atoms with Crippen LogP contribution in [0.5, 0.6) is 5.75 Å². The molecule has 1 N–H and O–H groups in total. The second-order valence-electron chi connectivity index (χ2n) is 5.56. The second kappa shape index (κ2) is 7.48. The summed E-state index contributed by atoms with van der Waals surface area (Å²) in [4.78, 5) is 18.3. The number of urea groups is 1. The molecular formula is C18H18FN3O2S. The molecule has 0 aliphatic carbocycles. The number of benzene rings is 2. The van der Waals surface area contributed by atoms with Crippen molar-refractivity contribution in [2.24, 2.45) is 0 Å². The molecule has 0 bridgehead atoms. The molecule has 0 saturated carbocycles. The van der Waals surface area contributed by atoms with E-state index >= 15 is 0 Å². The van der Waals surface area contributed by atoms with Gasteiger partial charge in [0.15, 0.2) is 11.6 Å². The zero-order chi connectivity index (χ0) is 17.8. The third kappa shape index (κ3) is 4.06. The van der Waals surface area contributed by atoms with Gasteiger partial charge in [0.2, 0.25) is 0 Å². The largest absolute Gasteiger partial charge is 0.494 e. The Bertz CT molecular complexity index is 864. The number of methoxy groups -OCH3 is 1. The number of para-hydroxylation sites is 1. The fraction of sp³-hybridized carbons (Fsp3) is 0.222. The van der Waals surface area contributed by atoms with E-state index in [1.54, 1.807) is 35.4 Å². The molecule has 25 heavy (non-hydrogen) atoms. The number of ether oxygens (including phenoxy) is 1. The molecule has 0 unspecified atom stereocenters. The number of hydrogen-bond donors (Lipinski definition) is 1. The van der Waals surface area contributed by atoms with Gasteiger partial charge in [0, 0.05) is 13.6 Å². The fourth-order valence-electron chi connectivity index (χ4n) is 2.39. The Balaban J connectivity index is 1.58. The van der Waals surface area contributed by atoms with E-state index in [0.717, 1.165) is 15.2 Å². The van der Waals surface area contributed by atoms with Gasteiger partial charge in [-0.15, -0.1) is 11.3 Å². The number of carbonyl (C=O) groups excluding carboxylic acids is 1. The summed E-state index contributed by atoms with van der Waals surface area (Å²) in [6.45, 7) is 0.659. The Morgan fingerprint density at radius 3 is 2.84 bits per heavy atom. The van der Waals surface area contributed by atoms with Gasteiger partial charge in [-0.25, -0.2) is 14.2 Å². The minimum atomic E-state index is -0.447. The van der Waals surface area contributed by atoms with Gasteiger partial charge in [0.05, 0.1) is 23.9 Å². The standard InChI is InChI=1S/C18H18FN3O2S/c1-22(11-17-21-14-5-3-4-6-16(14)25-17)18(23)20-10-12-7-8-15(24-2)13(19)9-12/h3-9H,10-11H2,1-2H3,(H,20,23). The molecule has 0 saturated heterocycles. The van der Waals surface area contributed by atoms with Gasteiger partial charge in [-0.1, -0.05) is 18.2 Å². The van der Waals surface area contributed by atoms with Crippen LogP contribution in [0.4, 0.5) is 9.18 Å². The third-order valence-corrected chi connectivity index (χ3v) is 4.74. The zero-order valence-electron chi connectivity index (χ0n) is 14.0. The Labute approximate surface area is 149 Å². The number of rotatable bonds is 5. The summed E-state index contributed by atoms with van der Waals surface area (Å²) in [6.07, 6.45) is 0. The summed E-state index contributed by atoms with van der Waals surface area (Å²) < 4.78 is 19.6. The number of thiazole rings is 1. The van der Waals surface area contributed by atoms with Crippen LogP contribution < -0.4 is 10.1 Å². The van der Waals surface area contributed by atoms with E-state index in [-0.39, 0.29) is 18.3 Å². The number of halogens is 1. The molecule has 0 aliphatic rings. The van der Waals surface area contributed by atoms with Gasteiger partial charge in [-0.05, 0) is 29.8 Å². The summed E-state index contributed by atoms with van der Waals surface area (Å²) in [7, 11) is 3.12. The second-order valence-corrected chi connectivity index (χ2v) is 6.67. The number of nitrogens with zero attached hydrogens (tertiary/aromatic N) is 2. The molecule has 3 aromatic rings. The maximum Gasteiger partial charge on any atom is 0.317 e. The van der Waals surface area contributed by atoms with Crippen molar-refractivity contribution in [2.75, 3.05) is 14.2 Å². The van der Waals surface area contributed by atoms with Gasteiger partial charge in [-0.2, -0.15) is 0 Å². The maximum atomic E-state index is 13.7. The molecule has 0 aliphatic heterocycles. The average molecular weight is 359 g/mol. The molecule has 1 heterocycles. The first-order valence-electron chi connectivity index (χ1n) is 7.72. The summed E-state index contributed by atoms with van der Waals surface area (Å²) in [5, 5.41) is 3.64. The van der Waals surface area contributed by atoms with Crippen molar-refractivity contribution >= 4 is 27.6 Å². The summed E-state index contributed by atoms with van der Waals surface area (Å²) >= 11 is 1.57. The van der Waals surface area contributed by atoms with E-state index in [0.29, 0.717) is 12.1 Å². The predicted octanol–water partition coefficient (Wildman–Crippen LogP) is 3.79. The van der Waals surface area contributed by atoms with Gasteiger partial charge >= 0.3 is 6.03 Å². The average Bonchev–Trinajstić information content (AvgIpc) is 3.01. The molecule has 1 aromatic heterocycles. The molecule has 0 atom stereocenters. The van der Waals surface area contributed by atoms with Crippen molar-refractivity contribution in [3.05, 3.63) is 58.9 Å². The topological polar surface area (TPSA) is 54.5 Å². The molecule has 130 valence electrons. The van der Waals surface area contributed by atoms with Crippen LogP contribution in [0.25, 0.3) is 10.2 Å². The lowest BCUT2D eigenvalue weighted by molar-refractivity contribution is 0.206. The molecular weight excluding hydrogens is 341 g/mol. The van der Waals surface area contributed by atoms with Crippen LogP contribution in [-0.2, 0) is 13.1 Å². The molecule has 5 nitrogen and oxygen atoms in total. The van der Waals surface area contributed by atoms with Crippen molar-refractivity contribution in [1.82, 2.24) is 15.2 Å². The van der Waals surface area contributed by atoms with Crippen LogP contribution in [0.1, 0.15) is 10.6 Å². The Hall–Kier alpha value is -2.67. The zero-order valence-corrected chi connectivity index (χ0v) is 14.8. The van der Waals surface area contributed by atoms with Crippen LogP contribution in [0.15, 0.2) is 42.5 Å². The van der Waals surface area contributed by atoms with Crippen LogP contribution in [-0.4, -0.2) is 30.1 Å². The van der Waals surface area contributed by atoms with Crippen molar-refractivity contribution in [2.45, 2.75) is 13.1 Å². The molecule has 2 aromatic carbocycles. The van der Waals surface area contributed by atoms with Gasteiger partial charge in [0.25, 0.3) is 0 Å². The lowest BCUT2D eigenvalue weighted by atomic mass is 10.2. The van der Waals surface area contributed by atoms with E-state index in [2.05, 4.69) is 10.3 Å². The van der Waals surface area contributed by atoms with Crippen molar-refractivity contribution in [3.8, 4) is 5.75 Å². The smallest absolute Gasteiger partial charge is 0.317 e. The summed E-state index contributed by atoms with van der Waals surface area (Å²) in [6, 6.07) is 12.2. The minimum absolute atomic E-state index is 0.183. The summed E-state index contributed by atoms with van der Waals surface area (Å²) in [5.41, 5.74) is 1.60. The van der Waals surface area contributed by atoms with Crippen molar-refractivity contribution < 1.29 is 13.9 Å². The fourth-order valence-corrected chi connectivity index (χ4v) is 3.42. The van der Waals surface area contributed by atoms with E-state index in [4.69, 9.17) is 4.74 Å². The van der Waals surface area contributed by atoms with Crippen LogP contribution in [0.3, 0.4) is 0 Å². The van der Waals surface area contributed by atoms with E-state index < -0.39 is 5.82 Å². The van der Waals surface area contributed by atoms with Gasteiger partial charge < -0.3 is 15.0 Å². The number of hydrogen-bond acceptors (Lipinski definition) is 4. The van der Waals surface area contributed by atoms with Crippen molar-refractivity contribution in [1.29, 1.82) is 0 Å². The number of amides is 2. The van der Waals surface area contributed by atoms with E-state index in [1.165, 1.54) is 13.2 Å². The molecule has 0 fully saturated rings. The van der Waals surface area contributed by atoms with E-state index in [9.17, 15) is 9.18 Å². The number of nitrogens with one attached hydrogen (secondary N) is 1. The molecule has 0 radical (unpaired) electrons. The quantitative estimate of drug-likeness (QED) is 0.754. The molecule has 2 amide bonds. The first-order valence-corrected chi connectivity index (χ1v) is 8.54. The highest BCUT2D eigenvalue weighted by molar-refractivity contribution is 7.18. The Morgan fingerprint density at radius 2 is 2.12 bits per heavy atom. The van der Waals surface area contributed by atoms with Gasteiger partial charge in [-0.3, -0.25) is 0 Å². The molecule has 7 heteroatoms. The number of aromatic nitrogens is 1. The first kappa shape index (κ1) is 17.2. The number of fused-ring (bicyclic) bond motifs is 1. The van der Waals surface area contributed by atoms with Gasteiger partial charge in [0.1, 0.15) is 5.01 Å². The third-order valence-electron chi connectivity index (χ3n) is 3.72. The molecule has 3 rings (SSSR count). The minimum Gasteiger partial charge on any atom is -0.494 e. The monoisotopic (exact) mass is 359 g/mol. The Kier molecular flexibility index (Phi) is 5.14. The highest BCUT2D eigenvalue weighted by Gasteiger charge is 2.12. The number of carbonyl (C=O) groups is 1. The van der Waals surface area contributed by atoms with Crippen LogP contribution in [0, 0.1) is 5.82 Å². The van der Waals surface area contributed by atoms with Crippen LogP contribution >= 0.6 is 11.3 Å². The predicted molar refractivity (Wildman–Crippen MR) is 96.3 cm³/mol. The normalized spacial score (nSPS) is 10.7. The lowest BCUT2D eigenvalue weighted by Crippen LogP contribution is -2.36. The van der Waals surface area contributed by atoms with Crippen LogP contribution in [0.2, 0.25) is 0 Å². The SMILES string of the molecule is COc1ccc(CNC(=O)N(C)Cc2nc3ccccc3s2)cc1F. The highest BCUT2D eigenvalue weighted by atomic mass is 32.1. The summed E-state index contributed by atoms with van der Waals surface area (Å²) in [5.74, 6) is -0.264.